The lowest BCUT2D eigenvalue weighted by Gasteiger charge is -1.80. The number of terminal acetylenes is 1. The molecule has 11 heavy (non-hydrogen) atoms. The van der Waals surface area contributed by atoms with Gasteiger partial charge in [-0.25, -0.2) is 0 Å². The topological polar surface area (TPSA) is 26.0 Å². The van der Waals surface area contributed by atoms with Gasteiger partial charge in [0.25, 0.3) is 0 Å². The van der Waals surface area contributed by atoms with Gasteiger partial charge < -0.3 is 5.73 Å². The number of nitrogens with two attached hydrogens (primary N) is 1. The molecule has 58 valence electrons. The van der Waals surface area contributed by atoms with Gasteiger partial charge in [-0.05, 0) is 12.1 Å². The molecule has 0 aliphatic heterocycles. The molecule has 0 unspecified atom stereocenters. The minimum Gasteiger partial charge on any atom is -0.320 e. The van der Waals surface area contributed by atoms with Crippen molar-refractivity contribution in [3.8, 4) is 12.3 Å². The van der Waals surface area contributed by atoms with Crippen molar-refractivity contribution < 1.29 is 0 Å². The third-order valence-corrected chi connectivity index (χ3v) is 1.38. The molecule has 1 nitrogen and oxygen atoms in total. The molecule has 0 heterocycles. The number of benzene rings is 1. The van der Waals surface area contributed by atoms with Crippen molar-refractivity contribution in [2.45, 2.75) is 0 Å². The Kier molecular flexibility index (Phi) is 6.81. The van der Waals surface area contributed by atoms with E-state index < -0.39 is 0 Å². The van der Waals surface area contributed by atoms with Crippen molar-refractivity contribution in [1.29, 1.82) is 0 Å². The van der Waals surface area contributed by atoms with E-state index in [2.05, 4.69) is 28.3 Å². The summed E-state index contributed by atoms with van der Waals surface area (Å²) in [5.41, 5.74) is 4.79. The Balaban J connectivity index is 0.000000218. The Hall–Kier alpha value is -0.780. The highest BCUT2D eigenvalue weighted by molar-refractivity contribution is 9.10. The highest BCUT2D eigenvalue weighted by Gasteiger charge is 1.74. The molecule has 1 rings (SSSR count). The van der Waals surface area contributed by atoms with Crippen molar-refractivity contribution in [1.82, 2.24) is 0 Å². The van der Waals surface area contributed by atoms with Crippen molar-refractivity contribution in [2.75, 3.05) is 6.54 Å². The zero-order valence-electron chi connectivity index (χ0n) is 6.13. The van der Waals surface area contributed by atoms with Crippen LogP contribution in [0.3, 0.4) is 0 Å². The zero-order chi connectivity index (χ0) is 8.53. The van der Waals surface area contributed by atoms with Crippen molar-refractivity contribution in [2.24, 2.45) is 5.73 Å². The van der Waals surface area contributed by atoms with Gasteiger partial charge in [0, 0.05) is 4.47 Å². The molecule has 2 heteroatoms. The van der Waals surface area contributed by atoms with Crippen LogP contribution in [0.25, 0.3) is 0 Å². The standard InChI is InChI=1S/C6H5Br.C3H5N/c7-6-4-2-1-3-5-6;1-2-3-4/h1-5H;1H,3-4H2. The van der Waals surface area contributed by atoms with Gasteiger partial charge in [-0.3, -0.25) is 0 Å². The smallest absolute Gasteiger partial charge is 0.0548 e. The molecule has 0 atom stereocenters. The van der Waals surface area contributed by atoms with Crippen LogP contribution in [0.1, 0.15) is 0 Å². The molecule has 0 fully saturated rings. The van der Waals surface area contributed by atoms with E-state index in [1.54, 1.807) is 0 Å². The molecule has 1 aromatic carbocycles. The van der Waals surface area contributed by atoms with Crippen molar-refractivity contribution in [3.05, 3.63) is 34.8 Å². The zero-order valence-corrected chi connectivity index (χ0v) is 7.71. The summed E-state index contributed by atoms with van der Waals surface area (Å²) in [6, 6.07) is 9.97. The van der Waals surface area contributed by atoms with Crippen LogP contribution in [0.2, 0.25) is 0 Å². The average molecular weight is 212 g/mol. The van der Waals surface area contributed by atoms with Gasteiger partial charge in [0.2, 0.25) is 0 Å². The molecule has 0 bridgehead atoms. The van der Waals surface area contributed by atoms with Crippen molar-refractivity contribution in [3.63, 3.8) is 0 Å². The van der Waals surface area contributed by atoms with Gasteiger partial charge in [0.15, 0.2) is 0 Å². The van der Waals surface area contributed by atoms with E-state index in [-0.39, 0.29) is 0 Å². The lowest BCUT2D eigenvalue weighted by atomic mass is 10.4. The first-order valence-corrected chi connectivity index (χ1v) is 3.94. The first-order valence-electron chi connectivity index (χ1n) is 3.15. The summed E-state index contributed by atoms with van der Waals surface area (Å²) in [6.07, 6.45) is 4.65. The van der Waals surface area contributed by atoms with Gasteiger partial charge in [0.05, 0.1) is 6.54 Å². The predicted molar refractivity (Wildman–Crippen MR) is 52.0 cm³/mol. The SMILES string of the molecule is Brc1ccccc1.C#CCN. The molecule has 2 N–H and O–H groups in total. The normalized spacial score (nSPS) is 7.36. The minimum absolute atomic E-state index is 0.347. The second-order valence-corrected chi connectivity index (χ2v) is 2.62. The highest BCUT2D eigenvalue weighted by atomic mass is 79.9. The lowest BCUT2D eigenvalue weighted by molar-refractivity contribution is 1.30. The number of hydrogen-bond acceptors (Lipinski definition) is 1. The number of rotatable bonds is 0. The third kappa shape index (κ3) is 7.11. The maximum absolute atomic E-state index is 4.79. The molecule has 0 aromatic heterocycles. The fraction of sp³-hybridized carbons (Fsp3) is 0.111. The van der Waals surface area contributed by atoms with Gasteiger partial charge in [0.1, 0.15) is 0 Å². The fourth-order valence-electron chi connectivity index (χ4n) is 0.415. The second kappa shape index (κ2) is 7.33. The first-order chi connectivity index (χ1) is 5.31. The average Bonchev–Trinajstić information content (AvgIpc) is 2.07. The largest absolute Gasteiger partial charge is 0.320 e. The predicted octanol–water partition coefficient (Wildman–Crippen LogP) is 2.03. The van der Waals surface area contributed by atoms with Crippen LogP contribution in [0.15, 0.2) is 34.8 Å². The van der Waals surface area contributed by atoms with E-state index in [4.69, 9.17) is 5.73 Å². The van der Waals surface area contributed by atoms with Crippen LogP contribution in [0, 0.1) is 12.3 Å². The van der Waals surface area contributed by atoms with E-state index in [9.17, 15) is 0 Å². The summed E-state index contributed by atoms with van der Waals surface area (Å²) in [6.45, 7) is 0.347. The van der Waals surface area contributed by atoms with Gasteiger partial charge >= 0.3 is 0 Å². The Labute approximate surface area is 75.7 Å². The summed E-state index contributed by atoms with van der Waals surface area (Å²) >= 11 is 3.31. The Bertz CT molecular complexity index is 213. The van der Waals surface area contributed by atoms with Crippen LogP contribution in [-0.2, 0) is 0 Å². The number of halogens is 1. The van der Waals surface area contributed by atoms with Crippen molar-refractivity contribution >= 4 is 15.9 Å². The molecule has 1 aromatic rings. The van der Waals surface area contributed by atoms with E-state index in [1.807, 2.05) is 30.3 Å². The molecule has 0 spiro atoms. The maximum atomic E-state index is 4.79. The van der Waals surface area contributed by atoms with Crippen LogP contribution < -0.4 is 5.73 Å². The van der Waals surface area contributed by atoms with Crippen LogP contribution >= 0.6 is 15.9 Å². The summed E-state index contributed by atoms with van der Waals surface area (Å²) < 4.78 is 1.13. The summed E-state index contributed by atoms with van der Waals surface area (Å²) in [4.78, 5) is 0. The molecular weight excluding hydrogens is 202 g/mol. The molecule has 0 saturated heterocycles. The number of hydrogen-bond donors (Lipinski definition) is 1. The third-order valence-electron chi connectivity index (χ3n) is 0.851. The van der Waals surface area contributed by atoms with Gasteiger partial charge in [-0.15, -0.1) is 6.42 Å². The molecule has 0 amide bonds. The first kappa shape index (κ1) is 10.2. The van der Waals surface area contributed by atoms with E-state index in [0.717, 1.165) is 4.47 Å². The summed E-state index contributed by atoms with van der Waals surface area (Å²) in [5.74, 6) is 2.21. The monoisotopic (exact) mass is 211 g/mol. The quantitative estimate of drug-likeness (QED) is 0.654. The van der Waals surface area contributed by atoms with Crippen LogP contribution in [0.4, 0.5) is 0 Å². The maximum Gasteiger partial charge on any atom is 0.0548 e. The Morgan fingerprint density at radius 1 is 1.36 bits per heavy atom. The minimum atomic E-state index is 0.347. The Morgan fingerprint density at radius 3 is 2.00 bits per heavy atom. The molecule has 0 saturated carbocycles. The molecule has 0 aliphatic rings. The molecule has 0 aliphatic carbocycles. The van der Waals surface area contributed by atoms with Crippen LogP contribution in [-0.4, -0.2) is 6.54 Å². The van der Waals surface area contributed by atoms with Gasteiger partial charge in [-0.1, -0.05) is 40.0 Å². The van der Waals surface area contributed by atoms with E-state index >= 15 is 0 Å². The fourth-order valence-corrected chi connectivity index (χ4v) is 0.720. The van der Waals surface area contributed by atoms with Gasteiger partial charge in [-0.2, -0.15) is 0 Å². The molecule has 0 radical (unpaired) electrons. The molecular formula is C9H10BrN. The van der Waals surface area contributed by atoms with Crippen LogP contribution in [0.5, 0.6) is 0 Å². The summed E-state index contributed by atoms with van der Waals surface area (Å²) in [7, 11) is 0. The highest BCUT2D eigenvalue weighted by Crippen LogP contribution is 2.05. The summed E-state index contributed by atoms with van der Waals surface area (Å²) in [5, 5.41) is 0. The van der Waals surface area contributed by atoms with E-state index in [1.165, 1.54) is 0 Å². The Morgan fingerprint density at radius 2 is 1.82 bits per heavy atom. The second-order valence-electron chi connectivity index (χ2n) is 1.70. The van der Waals surface area contributed by atoms with E-state index in [0.29, 0.717) is 6.54 Å². The lowest BCUT2D eigenvalue weighted by Crippen LogP contribution is -1.91.